The van der Waals surface area contributed by atoms with Gasteiger partial charge >= 0.3 is 0 Å². The Hall–Kier alpha value is -2.42. The molecule has 24 heavy (non-hydrogen) atoms. The molecule has 1 atom stereocenters. The summed E-state index contributed by atoms with van der Waals surface area (Å²) in [7, 11) is 0. The van der Waals surface area contributed by atoms with Crippen LogP contribution in [0.15, 0.2) is 35.1 Å². The Kier molecular flexibility index (Phi) is 5.09. The van der Waals surface area contributed by atoms with Crippen molar-refractivity contribution in [3.05, 3.63) is 57.5 Å². The number of nitriles is 1. The van der Waals surface area contributed by atoms with Gasteiger partial charge in [-0.05, 0) is 37.0 Å². The molecule has 2 heterocycles. The zero-order chi connectivity index (χ0) is 16.9. The first-order valence-corrected chi connectivity index (χ1v) is 8.10. The van der Waals surface area contributed by atoms with Crippen LogP contribution in [0.3, 0.4) is 0 Å². The molecule has 2 aromatic rings. The topological polar surface area (TPSA) is 75.1 Å². The molecule has 1 N–H and O–H groups in total. The number of pyridine rings is 1. The van der Waals surface area contributed by atoms with Crippen molar-refractivity contribution in [2.75, 3.05) is 13.2 Å². The van der Waals surface area contributed by atoms with E-state index in [1.54, 1.807) is 6.92 Å². The maximum absolute atomic E-state index is 11.9. The van der Waals surface area contributed by atoms with Crippen molar-refractivity contribution >= 4 is 0 Å². The Morgan fingerprint density at radius 1 is 1.38 bits per heavy atom. The van der Waals surface area contributed by atoms with E-state index in [1.165, 1.54) is 0 Å². The molecule has 0 aliphatic carbocycles. The summed E-state index contributed by atoms with van der Waals surface area (Å²) in [5.41, 5.74) is 3.09. The van der Waals surface area contributed by atoms with E-state index >= 15 is 0 Å². The quantitative estimate of drug-likeness (QED) is 0.917. The number of aryl methyl sites for hydroxylation is 1. The lowest BCUT2D eigenvalue weighted by Gasteiger charge is -2.11. The molecule has 0 bridgehead atoms. The van der Waals surface area contributed by atoms with Crippen molar-refractivity contribution in [3.8, 4) is 17.2 Å². The van der Waals surface area contributed by atoms with Crippen molar-refractivity contribution < 1.29 is 9.47 Å². The molecule has 0 amide bonds. The van der Waals surface area contributed by atoms with Crippen LogP contribution in [-0.4, -0.2) is 24.3 Å². The summed E-state index contributed by atoms with van der Waals surface area (Å²) in [6.07, 6.45) is 2.40. The van der Waals surface area contributed by atoms with Crippen LogP contribution < -0.4 is 5.56 Å². The van der Waals surface area contributed by atoms with E-state index in [2.05, 4.69) is 4.98 Å². The van der Waals surface area contributed by atoms with E-state index < -0.39 is 0 Å². The van der Waals surface area contributed by atoms with E-state index in [1.807, 2.05) is 36.4 Å². The molecular weight excluding hydrogens is 304 g/mol. The molecule has 5 heteroatoms. The molecule has 1 aliphatic rings. The maximum Gasteiger partial charge on any atom is 0.266 e. The minimum atomic E-state index is -0.350. The predicted molar refractivity (Wildman–Crippen MR) is 90.6 cm³/mol. The van der Waals surface area contributed by atoms with Gasteiger partial charge in [-0.2, -0.15) is 5.26 Å². The first kappa shape index (κ1) is 16.4. The number of rotatable bonds is 5. The summed E-state index contributed by atoms with van der Waals surface area (Å²) in [4.78, 5) is 14.5. The number of aromatic amines is 1. The number of ether oxygens (including phenoxy) is 2. The molecule has 1 fully saturated rings. The highest BCUT2D eigenvalue weighted by molar-refractivity contribution is 5.70. The standard InChI is InChI=1S/C19H20N2O3/c1-13-9-17(18(10-20)19(22)21-13)15-6-4-14(5-7-15)11-23-12-16-3-2-8-24-16/h4-7,9,16H,2-3,8,11-12H2,1H3,(H,21,22). The number of aromatic nitrogens is 1. The fraction of sp³-hybridized carbons (Fsp3) is 0.368. The first-order chi connectivity index (χ1) is 11.7. The third-order valence-electron chi connectivity index (χ3n) is 4.14. The largest absolute Gasteiger partial charge is 0.376 e. The van der Waals surface area contributed by atoms with Crippen LogP contribution in [0.2, 0.25) is 0 Å². The molecule has 0 radical (unpaired) electrons. The molecule has 0 saturated carbocycles. The highest BCUT2D eigenvalue weighted by Gasteiger charge is 2.15. The molecule has 0 spiro atoms. The van der Waals surface area contributed by atoms with E-state index in [-0.39, 0.29) is 17.2 Å². The zero-order valence-electron chi connectivity index (χ0n) is 13.7. The highest BCUT2D eigenvalue weighted by atomic mass is 16.5. The monoisotopic (exact) mass is 324 g/mol. The Bertz CT molecular complexity index is 797. The molecule has 124 valence electrons. The van der Waals surface area contributed by atoms with Gasteiger partial charge in [-0.3, -0.25) is 4.79 Å². The summed E-state index contributed by atoms with van der Waals surface area (Å²) in [6, 6.07) is 11.6. The van der Waals surface area contributed by atoms with Crippen LogP contribution in [0.25, 0.3) is 11.1 Å². The fourth-order valence-corrected chi connectivity index (χ4v) is 2.89. The van der Waals surface area contributed by atoms with E-state index in [0.29, 0.717) is 18.8 Å². The average molecular weight is 324 g/mol. The predicted octanol–water partition coefficient (Wildman–Crippen LogP) is 2.92. The lowest BCUT2D eigenvalue weighted by Crippen LogP contribution is -2.13. The number of nitrogens with one attached hydrogen (secondary N) is 1. The Labute approximate surface area is 140 Å². The third-order valence-corrected chi connectivity index (χ3v) is 4.14. The maximum atomic E-state index is 11.9. The lowest BCUT2D eigenvalue weighted by atomic mass is 10.00. The Balaban J connectivity index is 1.70. The molecule has 5 nitrogen and oxygen atoms in total. The van der Waals surface area contributed by atoms with Crippen LogP contribution in [0, 0.1) is 18.3 Å². The zero-order valence-corrected chi connectivity index (χ0v) is 13.7. The van der Waals surface area contributed by atoms with E-state index in [0.717, 1.165) is 36.3 Å². The van der Waals surface area contributed by atoms with Gasteiger partial charge in [0.25, 0.3) is 5.56 Å². The number of benzene rings is 1. The summed E-state index contributed by atoms with van der Waals surface area (Å²) in [5.74, 6) is 0. The van der Waals surface area contributed by atoms with Gasteiger partial charge in [0.1, 0.15) is 11.6 Å². The summed E-state index contributed by atoms with van der Waals surface area (Å²) >= 11 is 0. The van der Waals surface area contributed by atoms with Gasteiger partial charge < -0.3 is 14.5 Å². The third kappa shape index (κ3) is 3.73. The number of nitrogens with zero attached hydrogens (tertiary/aromatic N) is 1. The normalized spacial score (nSPS) is 16.9. The van der Waals surface area contributed by atoms with E-state index in [9.17, 15) is 10.1 Å². The van der Waals surface area contributed by atoms with Crippen LogP contribution >= 0.6 is 0 Å². The summed E-state index contributed by atoms with van der Waals surface area (Å²) in [6.45, 7) is 3.78. The second-order valence-electron chi connectivity index (χ2n) is 6.03. The molecular formula is C19H20N2O3. The summed E-state index contributed by atoms with van der Waals surface area (Å²) < 4.78 is 11.2. The van der Waals surface area contributed by atoms with Crippen molar-refractivity contribution in [1.29, 1.82) is 5.26 Å². The number of hydrogen-bond donors (Lipinski definition) is 1. The molecule has 1 aliphatic heterocycles. The van der Waals surface area contributed by atoms with Gasteiger partial charge in [-0.1, -0.05) is 24.3 Å². The van der Waals surface area contributed by atoms with Crippen LogP contribution in [-0.2, 0) is 16.1 Å². The minimum absolute atomic E-state index is 0.142. The van der Waals surface area contributed by atoms with Crippen molar-refractivity contribution in [3.63, 3.8) is 0 Å². The van der Waals surface area contributed by atoms with Gasteiger partial charge in [0.2, 0.25) is 0 Å². The fourth-order valence-electron chi connectivity index (χ4n) is 2.89. The lowest BCUT2D eigenvalue weighted by molar-refractivity contribution is 0.0106. The van der Waals surface area contributed by atoms with Gasteiger partial charge in [-0.25, -0.2) is 0 Å². The van der Waals surface area contributed by atoms with Crippen molar-refractivity contribution in [2.24, 2.45) is 0 Å². The average Bonchev–Trinajstić information content (AvgIpc) is 3.08. The van der Waals surface area contributed by atoms with Gasteiger partial charge in [0, 0.05) is 17.9 Å². The summed E-state index contributed by atoms with van der Waals surface area (Å²) in [5, 5.41) is 9.22. The minimum Gasteiger partial charge on any atom is -0.376 e. The molecule has 3 rings (SSSR count). The smallest absolute Gasteiger partial charge is 0.266 e. The second kappa shape index (κ2) is 7.43. The molecule has 1 aromatic carbocycles. The Morgan fingerprint density at radius 3 is 2.83 bits per heavy atom. The Morgan fingerprint density at radius 2 is 2.17 bits per heavy atom. The van der Waals surface area contributed by atoms with Crippen LogP contribution in [0.4, 0.5) is 0 Å². The van der Waals surface area contributed by atoms with Crippen molar-refractivity contribution in [1.82, 2.24) is 4.98 Å². The molecule has 1 saturated heterocycles. The number of H-pyrrole nitrogens is 1. The van der Waals surface area contributed by atoms with Crippen LogP contribution in [0.1, 0.15) is 29.7 Å². The molecule has 1 aromatic heterocycles. The highest BCUT2D eigenvalue weighted by Crippen LogP contribution is 2.22. The van der Waals surface area contributed by atoms with Crippen LogP contribution in [0.5, 0.6) is 0 Å². The van der Waals surface area contributed by atoms with Crippen molar-refractivity contribution in [2.45, 2.75) is 32.5 Å². The second-order valence-corrected chi connectivity index (χ2v) is 6.03. The SMILES string of the molecule is Cc1cc(-c2ccc(COCC3CCCO3)cc2)c(C#N)c(=O)[nH]1. The van der Waals surface area contributed by atoms with Gasteiger partial charge in [0.15, 0.2) is 0 Å². The first-order valence-electron chi connectivity index (χ1n) is 8.10. The van der Waals surface area contributed by atoms with Gasteiger partial charge in [-0.15, -0.1) is 0 Å². The number of hydrogen-bond acceptors (Lipinski definition) is 4. The van der Waals surface area contributed by atoms with E-state index in [4.69, 9.17) is 9.47 Å². The molecule has 1 unspecified atom stereocenters. The van der Waals surface area contributed by atoms with Gasteiger partial charge in [0.05, 0.1) is 19.3 Å².